The first kappa shape index (κ1) is 47.9. The normalized spacial score (nSPS) is 11.8. The lowest BCUT2D eigenvalue weighted by Gasteiger charge is -2.18. The molecule has 5 nitrogen and oxygen atoms in total. The zero-order valence-electron chi connectivity index (χ0n) is 34.0. The van der Waals surface area contributed by atoms with Crippen molar-refractivity contribution in [1.82, 2.24) is 0 Å². The zero-order valence-corrected chi connectivity index (χ0v) is 34.0. The predicted molar refractivity (Wildman–Crippen MR) is 214 cm³/mol. The van der Waals surface area contributed by atoms with E-state index >= 15 is 0 Å². The van der Waals surface area contributed by atoms with Gasteiger partial charge in [-0.3, -0.25) is 4.79 Å². The average molecular weight is 851 g/mol. The first-order chi connectivity index (χ1) is 28.7. The molecule has 0 aliphatic rings. The molecule has 0 aromatic heterocycles. The summed E-state index contributed by atoms with van der Waals surface area (Å²) in [6.45, 7) is 2.58. The molecule has 4 aromatic carbocycles. The van der Waals surface area contributed by atoms with Crippen molar-refractivity contribution in [2.75, 3.05) is 19.8 Å². The molecule has 0 heterocycles. The van der Waals surface area contributed by atoms with E-state index in [1.807, 2.05) is 0 Å². The number of phenolic OH excluding ortho intramolecular Hbond substituents is 1. The van der Waals surface area contributed by atoms with Crippen LogP contribution in [0.1, 0.15) is 119 Å². The maximum absolute atomic E-state index is 14.9. The molecular weight excluding hydrogens is 796 g/mol. The van der Waals surface area contributed by atoms with Crippen LogP contribution in [-0.4, -0.2) is 30.7 Å². The van der Waals surface area contributed by atoms with Gasteiger partial charge in [0.25, 0.3) is 11.8 Å². The summed E-state index contributed by atoms with van der Waals surface area (Å²) in [4.78, 5) is 12.3. The number of unbranched alkanes of at least 4 members (excludes halogenated alkanes) is 10. The second-order valence-electron chi connectivity index (χ2n) is 14.9. The van der Waals surface area contributed by atoms with Gasteiger partial charge in [0.2, 0.25) is 11.6 Å². The van der Waals surface area contributed by atoms with E-state index in [1.165, 1.54) is 48.5 Å². The molecule has 0 spiro atoms. The Morgan fingerprint density at radius 1 is 0.500 bits per heavy atom. The van der Waals surface area contributed by atoms with Crippen molar-refractivity contribution in [2.24, 2.45) is 0 Å². The number of ketones is 1. The van der Waals surface area contributed by atoms with Gasteiger partial charge < -0.3 is 19.3 Å². The lowest BCUT2D eigenvalue weighted by molar-refractivity contribution is -0.119. The summed E-state index contributed by atoms with van der Waals surface area (Å²) in [7, 11) is 0. The molecular formula is C47H54F8O5. The molecule has 1 N–H and O–H groups in total. The van der Waals surface area contributed by atoms with Gasteiger partial charge in [-0.15, -0.1) is 0 Å². The van der Waals surface area contributed by atoms with Crippen molar-refractivity contribution in [1.29, 1.82) is 0 Å². The van der Waals surface area contributed by atoms with Crippen molar-refractivity contribution in [3.63, 3.8) is 0 Å². The molecule has 13 heteroatoms. The molecule has 4 rings (SSSR count). The van der Waals surface area contributed by atoms with E-state index < -0.39 is 64.8 Å². The largest absolute Gasteiger partial charge is 0.505 e. The Morgan fingerprint density at radius 3 is 1.35 bits per heavy atom. The van der Waals surface area contributed by atoms with Crippen LogP contribution in [0.4, 0.5) is 35.1 Å². The number of rotatable bonds is 28. The molecule has 0 radical (unpaired) electrons. The minimum absolute atomic E-state index is 0.117. The van der Waals surface area contributed by atoms with Crippen LogP contribution >= 0.6 is 0 Å². The highest BCUT2D eigenvalue weighted by Crippen LogP contribution is 2.37. The number of halogens is 8. The van der Waals surface area contributed by atoms with Gasteiger partial charge in [-0.25, -0.2) is 26.3 Å². The lowest BCUT2D eigenvalue weighted by atomic mass is 9.99. The molecule has 0 fully saturated rings. The van der Waals surface area contributed by atoms with Gasteiger partial charge in [0.05, 0.1) is 19.8 Å². The van der Waals surface area contributed by atoms with Gasteiger partial charge >= 0.3 is 0 Å². The Morgan fingerprint density at radius 2 is 0.900 bits per heavy atom. The quantitative estimate of drug-likeness (QED) is 0.0455. The van der Waals surface area contributed by atoms with Crippen molar-refractivity contribution in [3.8, 4) is 23.0 Å². The van der Waals surface area contributed by atoms with Gasteiger partial charge in [-0.1, -0.05) is 63.5 Å². The van der Waals surface area contributed by atoms with Crippen LogP contribution in [0.15, 0.2) is 72.8 Å². The van der Waals surface area contributed by atoms with Crippen LogP contribution in [0.25, 0.3) is 0 Å². The minimum Gasteiger partial charge on any atom is -0.505 e. The molecule has 0 aliphatic carbocycles. The molecule has 0 saturated heterocycles. The van der Waals surface area contributed by atoms with Crippen molar-refractivity contribution >= 4 is 5.78 Å². The van der Waals surface area contributed by atoms with E-state index in [4.69, 9.17) is 14.2 Å². The molecule has 0 atom stereocenters. The Balaban J connectivity index is 0.957. The van der Waals surface area contributed by atoms with Gasteiger partial charge in [0.1, 0.15) is 17.3 Å². The van der Waals surface area contributed by atoms with Gasteiger partial charge in [-0.05, 0) is 104 Å². The number of alkyl halides is 4. The van der Waals surface area contributed by atoms with E-state index in [0.717, 1.165) is 101 Å². The first-order valence-electron chi connectivity index (χ1n) is 20.7. The number of carbonyl (C=O) groups is 1. The number of hydrogen-bond donors (Lipinski definition) is 1. The van der Waals surface area contributed by atoms with E-state index in [2.05, 4.69) is 0 Å². The minimum atomic E-state index is -3.46. The monoisotopic (exact) mass is 850 g/mol. The Labute approximate surface area is 347 Å². The third-order valence-electron chi connectivity index (χ3n) is 10.2. The molecule has 0 bridgehead atoms. The third kappa shape index (κ3) is 15.0. The topological polar surface area (TPSA) is 65.0 Å². The molecule has 60 heavy (non-hydrogen) atoms. The molecule has 4 aromatic rings. The van der Waals surface area contributed by atoms with Crippen LogP contribution < -0.4 is 14.2 Å². The number of aromatic hydroxyl groups is 1. The second kappa shape index (κ2) is 23.8. The summed E-state index contributed by atoms with van der Waals surface area (Å²) in [6.07, 6.45) is 10.2. The summed E-state index contributed by atoms with van der Waals surface area (Å²) >= 11 is 0. The van der Waals surface area contributed by atoms with Crippen LogP contribution in [0.2, 0.25) is 0 Å². The van der Waals surface area contributed by atoms with Crippen molar-refractivity contribution < 1.29 is 59.2 Å². The van der Waals surface area contributed by atoms with Gasteiger partial charge in [-0.2, -0.15) is 8.78 Å². The summed E-state index contributed by atoms with van der Waals surface area (Å²) in [6, 6.07) is 14.6. The third-order valence-corrected chi connectivity index (χ3v) is 10.2. The molecule has 328 valence electrons. The van der Waals surface area contributed by atoms with Crippen molar-refractivity contribution in [3.05, 3.63) is 118 Å². The van der Waals surface area contributed by atoms with Crippen LogP contribution in [-0.2, 0) is 29.5 Å². The van der Waals surface area contributed by atoms with E-state index in [1.54, 1.807) is 6.92 Å². The summed E-state index contributed by atoms with van der Waals surface area (Å²) in [5.41, 5.74) is -1.67. The standard InChI is InChI=1S/C47H54F8O5/c1-2-58-41-28-18-34(43(49)45(41)51)32-47(54,55)36-21-25-39(26-22-36)60-30-14-10-6-4-8-12-16-37(56)15-11-7-3-5-9-13-29-59-38-23-19-35(20-24-38)46(52,53)31-33-17-27-40(57)44(50)42(33)48/h17-28,57H,2-16,29-32H2,1H3. The van der Waals surface area contributed by atoms with E-state index in [0.29, 0.717) is 37.6 Å². The lowest BCUT2D eigenvalue weighted by Crippen LogP contribution is -2.18. The van der Waals surface area contributed by atoms with Gasteiger partial charge in [0, 0.05) is 36.8 Å². The average Bonchev–Trinajstić information content (AvgIpc) is 3.23. The highest BCUT2D eigenvalue weighted by molar-refractivity contribution is 5.78. The SMILES string of the molecule is CCOc1ccc(CC(F)(F)c2ccc(OCCCCCCCCC(=O)CCCCCCCCOc3ccc(C(F)(F)Cc4ccc(O)c(F)c4F)cc3)cc2)c(F)c1F. The highest BCUT2D eigenvalue weighted by Gasteiger charge is 2.35. The molecule has 0 aliphatic heterocycles. The molecule has 0 amide bonds. The summed E-state index contributed by atoms with van der Waals surface area (Å²) in [5, 5.41) is 9.21. The van der Waals surface area contributed by atoms with Crippen molar-refractivity contribution in [2.45, 2.75) is 122 Å². The summed E-state index contributed by atoms with van der Waals surface area (Å²) < 4.78 is 132. The van der Waals surface area contributed by atoms with Crippen LogP contribution in [0.5, 0.6) is 23.0 Å². The molecule has 0 unspecified atom stereocenters. The maximum Gasteiger partial charge on any atom is 0.277 e. The number of Topliss-reactive ketones (excluding diaryl/α,β-unsaturated/α-hetero) is 1. The fourth-order valence-corrected chi connectivity index (χ4v) is 6.73. The second-order valence-corrected chi connectivity index (χ2v) is 14.9. The summed E-state index contributed by atoms with van der Waals surface area (Å²) in [5.74, 6) is -12.7. The first-order valence-corrected chi connectivity index (χ1v) is 20.7. The predicted octanol–water partition coefficient (Wildman–Crippen LogP) is 13.5. The number of ether oxygens (including phenoxy) is 3. The van der Waals surface area contributed by atoms with E-state index in [9.17, 15) is 45.0 Å². The number of hydrogen-bond acceptors (Lipinski definition) is 5. The highest BCUT2D eigenvalue weighted by atomic mass is 19.3. The van der Waals surface area contributed by atoms with E-state index in [-0.39, 0.29) is 29.3 Å². The van der Waals surface area contributed by atoms with Crippen LogP contribution in [0, 0.1) is 23.3 Å². The Hall–Kier alpha value is -4.81. The Kier molecular flexibility index (Phi) is 19.0. The van der Waals surface area contributed by atoms with Gasteiger partial charge in [0.15, 0.2) is 23.1 Å². The smallest absolute Gasteiger partial charge is 0.277 e. The Bertz CT molecular complexity index is 1920. The fourth-order valence-electron chi connectivity index (χ4n) is 6.73. The maximum atomic E-state index is 14.9. The zero-order chi connectivity index (χ0) is 43.5. The molecule has 0 saturated carbocycles. The van der Waals surface area contributed by atoms with Crippen LogP contribution in [0.3, 0.4) is 0 Å². The fraction of sp³-hybridized carbons (Fsp3) is 0.468. The number of carbonyl (C=O) groups excluding carboxylic acids is 1. The number of phenols is 1. The number of benzene rings is 4.